The molecule has 0 bridgehead atoms. The maximum absolute atomic E-state index is 13.5. The first-order chi connectivity index (χ1) is 19.7. The second-order valence-corrected chi connectivity index (χ2v) is 12.0. The molecule has 13 heteroatoms. The topological polar surface area (TPSA) is 136 Å². The summed E-state index contributed by atoms with van der Waals surface area (Å²) in [5.41, 5.74) is 1.36. The fourth-order valence-electron chi connectivity index (χ4n) is 3.95. The van der Waals surface area contributed by atoms with Crippen LogP contribution >= 0.6 is 23.4 Å². The number of hydrogen-bond donors (Lipinski definition) is 2. The normalized spacial score (nSPS) is 12.1. The van der Waals surface area contributed by atoms with Crippen molar-refractivity contribution in [2.75, 3.05) is 10.0 Å². The van der Waals surface area contributed by atoms with Crippen LogP contribution in [0.1, 0.15) is 13.3 Å². The Morgan fingerprint density at radius 1 is 0.951 bits per heavy atom. The van der Waals surface area contributed by atoms with Gasteiger partial charge in [-0.05, 0) is 67.1 Å². The zero-order valence-electron chi connectivity index (χ0n) is 21.6. The second kappa shape index (κ2) is 12.1. The number of thioether (sulfide) groups is 1. The first-order valence-corrected chi connectivity index (χ1v) is 15.2. The molecule has 2 N–H and O–H groups in total. The summed E-state index contributed by atoms with van der Waals surface area (Å²) >= 11 is 6.89. The quantitative estimate of drug-likeness (QED) is 0.174. The average Bonchev–Trinajstić information content (AvgIpc) is 2.98. The van der Waals surface area contributed by atoms with Crippen LogP contribution in [0.3, 0.4) is 0 Å². The fourth-order valence-corrected chi connectivity index (χ4v) is 6.08. The molecule has 1 atom stereocenters. The highest BCUT2D eigenvalue weighted by Gasteiger charge is 2.23. The maximum atomic E-state index is 13.5. The van der Waals surface area contributed by atoms with Crippen LogP contribution in [0.4, 0.5) is 11.5 Å². The highest BCUT2D eigenvalue weighted by Crippen LogP contribution is 2.28. The van der Waals surface area contributed by atoms with Crippen molar-refractivity contribution in [2.45, 2.75) is 28.6 Å². The minimum atomic E-state index is -3.94. The van der Waals surface area contributed by atoms with Gasteiger partial charge in [0.2, 0.25) is 5.91 Å². The van der Waals surface area contributed by atoms with Crippen LogP contribution < -0.4 is 15.6 Å². The van der Waals surface area contributed by atoms with Crippen LogP contribution in [-0.4, -0.2) is 39.3 Å². The van der Waals surface area contributed by atoms with E-state index in [0.717, 1.165) is 0 Å². The molecular formula is C28H23ClN6O4S2. The monoisotopic (exact) mass is 606 g/mol. The molecule has 1 unspecified atom stereocenters. The number of carbonyl (C=O) groups excluding carboxylic acids is 1. The molecule has 10 nitrogen and oxygen atoms in total. The van der Waals surface area contributed by atoms with Crippen LogP contribution in [0.25, 0.3) is 16.6 Å². The van der Waals surface area contributed by atoms with Crippen molar-refractivity contribution in [3.05, 3.63) is 107 Å². The third-order valence-electron chi connectivity index (χ3n) is 5.97. The average molecular weight is 607 g/mol. The van der Waals surface area contributed by atoms with Crippen molar-refractivity contribution in [1.29, 1.82) is 0 Å². The number of anilines is 2. The van der Waals surface area contributed by atoms with Crippen molar-refractivity contribution in [3.63, 3.8) is 0 Å². The minimum absolute atomic E-state index is 0.0193. The van der Waals surface area contributed by atoms with Crippen molar-refractivity contribution in [2.24, 2.45) is 0 Å². The molecule has 208 valence electrons. The number of amides is 1. The summed E-state index contributed by atoms with van der Waals surface area (Å²) in [6.07, 6.45) is 0.451. The van der Waals surface area contributed by atoms with Gasteiger partial charge in [0.25, 0.3) is 15.6 Å². The Labute approximate surface area is 244 Å². The first-order valence-electron chi connectivity index (χ1n) is 12.4. The molecule has 0 radical (unpaired) electrons. The zero-order valence-corrected chi connectivity index (χ0v) is 23.9. The van der Waals surface area contributed by atoms with Gasteiger partial charge in [-0.2, -0.15) is 0 Å². The molecule has 3 aromatic carbocycles. The molecule has 0 saturated carbocycles. The van der Waals surface area contributed by atoms with E-state index in [1.54, 1.807) is 18.2 Å². The SMILES string of the molecule is CCC(Sc1nc2ccccc2c(=O)n1-c1ccccc1)C(=O)Nc1ccc(S(=O)(=O)Nc2ccc(Cl)nn2)cc1. The molecule has 0 fully saturated rings. The van der Waals surface area contributed by atoms with Gasteiger partial charge in [-0.15, -0.1) is 10.2 Å². The molecule has 5 rings (SSSR count). The smallest absolute Gasteiger partial charge is 0.266 e. The van der Waals surface area contributed by atoms with Gasteiger partial charge in [-0.25, -0.2) is 13.4 Å². The van der Waals surface area contributed by atoms with E-state index in [9.17, 15) is 18.0 Å². The number of nitrogens with zero attached hydrogens (tertiary/aromatic N) is 4. The second-order valence-electron chi connectivity index (χ2n) is 8.76. The van der Waals surface area contributed by atoms with Crippen LogP contribution in [0.2, 0.25) is 5.15 Å². The number of rotatable bonds is 9. The Hall–Kier alpha value is -4.26. The van der Waals surface area contributed by atoms with Gasteiger partial charge in [-0.3, -0.25) is 18.9 Å². The van der Waals surface area contributed by atoms with Crippen molar-refractivity contribution < 1.29 is 13.2 Å². The largest absolute Gasteiger partial charge is 0.325 e. The summed E-state index contributed by atoms with van der Waals surface area (Å²) in [4.78, 5) is 31.5. The van der Waals surface area contributed by atoms with E-state index in [1.165, 1.54) is 52.7 Å². The number of fused-ring (bicyclic) bond motifs is 1. The Bertz CT molecular complexity index is 1870. The Kier molecular flexibility index (Phi) is 8.34. The van der Waals surface area contributed by atoms with E-state index in [2.05, 4.69) is 20.2 Å². The maximum Gasteiger partial charge on any atom is 0.266 e. The van der Waals surface area contributed by atoms with Gasteiger partial charge in [-0.1, -0.05) is 60.6 Å². The molecule has 2 heterocycles. The summed E-state index contributed by atoms with van der Waals surface area (Å²) in [6.45, 7) is 1.87. The standard InChI is InChI=1S/C28H23ClN6O4S2/c1-2-23(40-28-31-22-11-7-6-10-21(22)27(37)35(28)19-8-4-3-5-9-19)26(36)30-18-12-14-20(15-13-18)41(38,39)34-25-17-16-24(29)32-33-25/h3-17,23H,2H2,1H3,(H,30,36)(H,33,34). The van der Waals surface area contributed by atoms with Crippen molar-refractivity contribution >= 4 is 61.7 Å². The van der Waals surface area contributed by atoms with Crippen LogP contribution in [0.5, 0.6) is 0 Å². The first kappa shape index (κ1) is 28.3. The van der Waals surface area contributed by atoms with E-state index in [0.29, 0.717) is 33.9 Å². The molecule has 0 spiro atoms. The van der Waals surface area contributed by atoms with Gasteiger partial charge in [0.05, 0.1) is 26.7 Å². The number of sulfonamides is 1. The lowest BCUT2D eigenvalue weighted by molar-refractivity contribution is -0.115. The summed E-state index contributed by atoms with van der Waals surface area (Å²) < 4.78 is 29.3. The summed E-state index contributed by atoms with van der Waals surface area (Å²) in [5, 5.41) is 10.6. The third-order valence-corrected chi connectivity index (χ3v) is 8.86. The summed E-state index contributed by atoms with van der Waals surface area (Å²) in [6, 6.07) is 24.8. The predicted octanol–water partition coefficient (Wildman–Crippen LogP) is 5.14. The van der Waals surface area contributed by atoms with E-state index < -0.39 is 15.3 Å². The molecule has 0 saturated heterocycles. The highest BCUT2D eigenvalue weighted by molar-refractivity contribution is 8.00. The lowest BCUT2D eigenvalue weighted by atomic mass is 10.2. The van der Waals surface area contributed by atoms with Gasteiger partial charge in [0.1, 0.15) is 0 Å². The molecule has 2 aromatic heterocycles. The number of benzene rings is 3. The van der Waals surface area contributed by atoms with Gasteiger partial charge in [0.15, 0.2) is 16.1 Å². The Balaban J connectivity index is 1.36. The lowest BCUT2D eigenvalue weighted by Crippen LogP contribution is -2.27. The van der Waals surface area contributed by atoms with Crippen LogP contribution in [-0.2, 0) is 14.8 Å². The van der Waals surface area contributed by atoms with Gasteiger partial charge in [0, 0.05) is 5.69 Å². The minimum Gasteiger partial charge on any atom is -0.325 e. The number of aromatic nitrogens is 4. The summed E-state index contributed by atoms with van der Waals surface area (Å²) in [5.74, 6) is -0.296. The Morgan fingerprint density at radius 2 is 1.66 bits per heavy atom. The molecule has 0 aliphatic rings. The molecular weight excluding hydrogens is 584 g/mol. The number of para-hydroxylation sites is 2. The fraction of sp³-hybridized carbons (Fsp3) is 0.107. The number of carbonyl (C=O) groups is 1. The van der Waals surface area contributed by atoms with Crippen molar-refractivity contribution in [3.8, 4) is 5.69 Å². The lowest BCUT2D eigenvalue weighted by Gasteiger charge is -2.18. The van der Waals surface area contributed by atoms with E-state index in [1.807, 2.05) is 43.3 Å². The molecule has 5 aromatic rings. The van der Waals surface area contributed by atoms with Gasteiger partial charge < -0.3 is 5.32 Å². The molecule has 0 aliphatic heterocycles. The third kappa shape index (κ3) is 6.40. The number of nitrogens with one attached hydrogen (secondary N) is 2. The molecule has 0 aliphatic carbocycles. The van der Waals surface area contributed by atoms with Crippen molar-refractivity contribution in [1.82, 2.24) is 19.7 Å². The van der Waals surface area contributed by atoms with Crippen LogP contribution in [0, 0.1) is 0 Å². The van der Waals surface area contributed by atoms with Crippen LogP contribution in [0.15, 0.2) is 106 Å². The predicted molar refractivity (Wildman–Crippen MR) is 160 cm³/mol. The van der Waals surface area contributed by atoms with Gasteiger partial charge >= 0.3 is 0 Å². The van der Waals surface area contributed by atoms with E-state index >= 15 is 0 Å². The van der Waals surface area contributed by atoms with E-state index in [4.69, 9.17) is 16.6 Å². The number of halogens is 1. The van der Waals surface area contributed by atoms with E-state index in [-0.39, 0.29) is 27.3 Å². The Morgan fingerprint density at radius 3 is 2.34 bits per heavy atom. The molecule has 41 heavy (non-hydrogen) atoms. The zero-order chi connectivity index (χ0) is 29.0. The highest BCUT2D eigenvalue weighted by atomic mass is 35.5. The summed E-state index contributed by atoms with van der Waals surface area (Å²) in [7, 11) is -3.94. The number of hydrogen-bond acceptors (Lipinski definition) is 8. The molecule has 1 amide bonds.